The lowest BCUT2D eigenvalue weighted by molar-refractivity contribution is -0.0848. The summed E-state index contributed by atoms with van der Waals surface area (Å²) in [7, 11) is 1.65. The average molecular weight is 486 g/mol. The van der Waals surface area contributed by atoms with E-state index in [1.54, 1.807) is 18.0 Å². The van der Waals surface area contributed by atoms with E-state index in [0.29, 0.717) is 18.0 Å². The van der Waals surface area contributed by atoms with Gasteiger partial charge in [-0.05, 0) is 49.3 Å². The molecule has 1 atom stereocenters. The van der Waals surface area contributed by atoms with E-state index in [1.165, 1.54) is 45.2 Å². The molecule has 0 amide bonds. The predicted molar refractivity (Wildman–Crippen MR) is 136 cm³/mol. The number of aromatic amines is 1. The molecule has 3 aliphatic rings. The summed E-state index contributed by atoms with van der Waals surface area (Å²) in [5, 5.41) is 26.0. The number of nitrogens with zero attached hydrogens (tertiary/aromatic N) is 8. The molecule has 5 heterocycles. The molecule has 2 aliphatic heterocycles. The monoisotopic (exact) mass is 485 g/mol. The molecule has 0 radical (unpaired) electrons. The molecule has 36 heavy (non-hydrogen) atoms. The van der Waals surface area contributed by atoms with Crippen molar-refractivity contribution in [2.45, 2.75) is 44.7 Å². The number of nitrogens with one attached hydrogen (secondary N) is 1. The number of aromatic nitrogens is 7. The van der Waals surface area contributed by atoms with Crippen LogP contribution < -0.4 is 9.64 Å². The van der Waals surface area contributed by atoms with Gasteiger partial charge in [-0.3, -0.25) is 10.00 Å². The highest BCUT2D eigenvalue weighted by Crippen LogP contribution is 2.49. The number of hydrogen-bond acceptors (Lipinski definition) is 8. The highest BCUT2D eigenvalue weighted by Gasteiger charge is 2.49. The molecule has 1 N–H and O–H groups in total. The van der Waals surface area contributed by atoms with E-state index in [4.69, 9.17) is 4.74 Å². The van der Waals surface area contributed by atoms with Crippen LogP contribution in [0.3, 0.4) is 0 Å². The second kappa shape index (κ2) is 8.55. The molecule has 3 fully saturated rings. The average Bonchev–Trinajstić information content (AvgIpc) is 3.52. The lowest BCUT2D eigenvalue weighted by atomic mass is 9.63. The molecular weight excluding hydrogens is 454 g/mol. The fourth-order valence-corrected chi connectivity index (χ4v) is 6.15. The SMILES string of the molecule is COc1cc(-c2cn(Cc3ccc(N4CCCC(N5CC6(CCC6)C5)C4)nn3)nn2)c2cn[nH]c2c1. The second-order valence-corrected chi connectivity index (χ2v) is 10.7. The Bertz CT molecular complexity index is 1370. The molecule has 10 nitrogen and oxygen atoms in total. The van der Waals surface area contributed by atoms with Gasteiger partial charge in [-0.15, -0.1) is 10.2 Å². The molecule has 3 aromatic heterocycles. The van der Waals surface area contributed by atoms with E-state index in [2.05, 4.69) is 52.6 Å². The van der Waals surface area contributed by atoms with Crippen molar-refractivity contribution in [3.8, 4) is 17.0 Å². The van der Waals surface area contributed by atoms with Gasteiger partial charge >= 0.3 is 0 Å². The second-order valence-electron chi connectivity index (χ2n) is 10.7. The highest BCUT2D eigenvalue weighted by atomic mass is 16.5. The summed E-state index contributed by atoms with van der Waals surface area (Å²) in [6, 6.07) is 8.69. The first kappa shape index (κ1) is 21.7. The van der Waals surface area contributed by atoms with E-state index in [1.807, 2.05) is 18.3 Å². The minimum Gasteiger partial charge on any atom is -0.497 e. The Kier molecular flexibility index (Phi) is 5.16. The van der Waals surface area contributed by atoms with Crippen LogP contribution in [0, 0.1) is 5.41 Å². The molecule has 0 bridgehead atoms. The molecule has 186 valence electrons. The summed E-state index contributed by atoms with van der Waals surface area (Å²) in [6.07, 6.45) is 10.5. The third-order valence-electron chi connectivity index (χ3n) is 8.34. The standard InChI is InChI=1S/C26H31N9O/c1-36-20-10-21(22-12-27-29-23(22)11-20)24-15-35(32-30-24)13-18-5-6-25(31-28-18)33-9-2-4-19(14-33)34-16-26(17-34)7-3-8-26/h5-6,10-12,15,19H,2-4,7-9,13-14,16-17H2,1H3,(H,27,29). The Morgan fingerprint density at radius 3 is 2.81 bits per heavy atom. The number of likely N-dealkylation sites (tertiary alicyclic amines) is 1. The zero-order valence-electron chi connectivity index (χ0n) is 20.6. The van der Waals surface area contributed by atoms with Crippen molar-refractivity contribution >= 4 is 16.7 Å². The predicted octanol–water partition coefficient (Wildman–Crippen LogP) is 3.12. The number of anilines is 1. The maximum Gasteiger partial charge on any atom is 0.151 e. The highest BCUT2D eigenvalue weighted by molar-refractivity contribution is 5.94. The summed E-state index contributed by atoms with van der Waals surface area (Å²) in [4.78, 5) is 5.11. The number of benzene rings is 1. The molecule has 4 aromatic rings. The van der Waals surface area contributed by atoms with Crippen LogP contribution in [-0.4, -0.2) is 79.6 Å². The largest absolute Gasteiger partial charge is 0.497 e. The molecule has 1 aliphatic carbocycles. The van der Waals surface area contributed by atoms with Gasteiger partial charge in [-0.2, -0.15) is 10.2 Å². The van der Waals surface area contributed by atoms with Crippen LogP contribution in [0.4, 0.5) is 5.82 Å². The molecule has 7 rings (SSSR count). The van der Waals surface area contributed by atoms with Crippen molar-refractivity contribution in [2.24, 2.45) is 5.41 Å². The van der Waals surface area contributed by atoms with Crippen molar-refractivity contribution in [1.82, 2.24) is 40.3 Å². The third-order valence-corrected chi connectivity index (χ3v) is 8.34. The lowest BCUT2D eigenvalue weighted by Gasteiger charge is -2.59. The minimum atomic E-state index is 0.511. The molecule has 10 heteroatoms. The number of piperidine rings is 1. The number of methoxy groups -OCH3 is 1. The van der Waals surface area contributed by atoms with Gasteiger partial charge in [-0.25, -0.2) is 4.68 Å². The van der Waals surface area contributed by atoms with E-state index < -0.39 is 0 Å². The van der Waals surface area contributed by atoms with Crippen LogP contribution in [0.15, 0.2) is 36.7 Å². The summed E-state index contributed by atoms with van der Waals surface area (Å²) >= 11 is 0. The fraction of sp³-hybridized carbons (Fsp3) is 0.500. The Morgan fingerprint density at radius 2 is 2.03 bits per heavy atom. The van der Waals surface area contributed by atoms with Gasteiger partial charge in [0, 0.05) is 49.2 Å². The Balaban J connectivity index is 1.02. The lowest BCUT2D eigenvalue weighted by Crippen LogP contribution is -2.65. The number of fused-ring (bicyclic) bond motifs is 1. The van der Waals surface area contributed by atoms with Crippen molar-refractivity contribution in [3.63, 3.8) is 0 Å². The van der Waals surface area contributed by atoms with Gasteiger partial charge in [0.05, 0.1) is 37.3 Å². The van der Waals surface area contributed by atoms with Gasteiger partial charge < -0.3 is 9.64 Å². The summed E-state index contributed by atoms with van der Waals surface area (Å²) in [6.45, 7) is 5.23. The topological polar surface area (TPSA) is 101 Å². The van der Waals surface area contributed by atoms with E-state index in [0.717, 1.165) is 52.5 Å². The van der Waals surface area contributed by atoms with Gasteiger partial charge in [0.2, 0.25) is 0 Å². The maximum absolute atomic E-state index is 5.44. The number of ether oxygens (including phenoxy) is 1. The third kappa shape index (κ3) is 3.80. The first-order valence-corrected chi connectivity index (χ1v) is 12.9. The van der Waals surface area contributed by atoms with Gasteiger partial charge in [0.15, 0.2) is 5.82 Å². The minimum absolute atomic E-state index is 0.511. The van der Waals surface area contributed by atoms with Crippen molar-refractivity contribution in [3.05, 3.63) is 42.4 Å². The van der Waals surface area contributed by atoms with Crippen molar-refractivity contribution in [2.75, 3.05) is 38.2 Å². The zero-order chi connectivity index (χ0) is 24.1. The molecule has 2 saturated heterocycles. The molecular formula is C26H31N9O. The number of H-pyrrole nitrogens is 1. The van der Waals surface area contributed by atoms with Crippen LogP contribution >= 0.6 is 0 Å². The van der Waals surface area contributed by atoms with Gasteiger partial charge in [0.25, 0.3) is 0 Å². The Morgan fingerprint density at radius 1 is 1.11 bits per heavy atom. The van der Waals surface area contributed by atoms with Crippen LogP contribution in [0.2, 0.25) is 0 Å². The van der Waals surface area contributed by atoms with Crippen LogP contribution in [0.5, 0.6) is 5.75 Å². The summed E-state index contributed by atoms with van der Waals surface area (Å²) < 4.78 is 7.23. The fourth-order valence-electron chi connectivity index (χ4n) is 6.15. The Labute approximate surface area is 209 Å². The molecule has 1 unspecified atom stereocenters. The van der Waals surface area contributed by atoms with Crippen LogP contribution in [-0.2, 0) is 6.54 Å². The smallest absolute Gasteiger partial charge is 0.151 e. The van der Waals surface area contributed by atoms with E-state index in [-0.39, 0.29) is 0 Å². The van der Waals surface area contributed by atoms with Gasteiger partial charge in [0.1, 0.15) is 11.4 Å². The van der Waals surface area contributed by atoms with Gasteiger partial charge in [-0.1, -0.05) is 11.6 Å². The summed E-state index contributed by atoms with van der Waals surface area (Å²) in [5.41, 5.74) is 4.13. The summed E-state index contributed by atoms with van der Waals surface area (Å²) in [5.74, 6) is 1.72. The first-order valence-electron chi connectivity index (χ1n) is 12.9. The number of hydrogen-bond donors (Lipinski definition) is 1. The first-order chi connectivity index (χ1) is 17.7. The Hall–Kier alpha value is -3.53. The number of rotatable bonds is 6. The normalized spacial score (nSPS) is 21.5. The zero-order valence-corrected chi connectivity index (χ0v) is 20.6. The van der Waals surface area contributed by atoms with E-state index in [9.17, 15) is 0 Å². The molecule has 1 spiro atoms. The van der Waals surface area contributed by atoms with Crippen LogP contribution in [0.1, 0.15) is 37.8 Å². The molecule has 1 aromatic carbocycles. The van der Waals surface area contributed by atoms with Crippen molar-refractivity contribution in [1.29, 1.82) is 0 Å². The maximum atomic E-state index is 5.44. The molecule has 1 saturated carbocycles. The van der Waals surface area contributed by atoms with E-state index >= 15 is 0 Å². The quantitative estimate of drug-likeness (QED) is 0.445. The van der Waals surface area contributed by atoms with Crippen LogP contribution in [0.25, 0.3) is 22.2 Å². The van der Waals surface area contributed by atoms with Crippen molar-refractivity contribution < 1.29 is 4.74 Å².